The van der Waals surface area contributed by atoms with Crippen LogP contribution in [0.2, 0.25) is 0 Å². The number of amides is 1. The van der Waals surface area contributed by atoms with Gasteiger partial charge in [0.05, 0.1) is 23.8 Å². The molecule has 0 unspecified atom stereocenters. The van der Waals surface area contributed by atoms with Gasteiger partial charge in [-0.2, -0.15) is 0 Å². The van der Waals surface area contributed by atoms with Gasteiger partial charge in [-0.25, -0.2) is 0 Å². The maximum Gasteiger partial charge on any atom is 0.256 e. The average molecular weight is 409 g/mol. The van der Waals surface area contributed by atoms with Crippen molar-refractivity contribution in [1.82, 2.24) is 4.90 Å². The number of aliphatic hydroxyl groups is 2. The fraction of sp³-hybridized carbons (Fsp3) is 0.480. The number of carbonyl (C=O) groups excluding carboxylic acids is 1. The van der Waals surface area contributed by atoms with Crippen molar-refractivity contribution in [3.05, 3.63) is 65.7 Å². The van der Waals surface area contributed by atoms with Crippen LogP contribution in [0.4, 0.5) is 5.69 Å². The van der Waals surface area contributed by atoms with Crippen LogP contribution in [-0.4, -0.2) is 53.4 Å². The zero-order chi connectivity index (χ0) is 21.5. The maximum atomic E-state index is 14.0. The molecule has 5 heteroatoms. The van der Waals surface area contributed by atoms with Crippen molar-refractivity contribution in [2.45, 2.75) is 56.9 Å². The molecule has 0 radical (unpaired) electrons. The number of para-hydroxylation sites is 1. The molecule has 1 saturated carbocycles. The second-order valence-electron chi connectivity index (χ2n) is 9.22. The zero-order valence-electron chi connectivity index (χ0n) is 18.0. The van der Waals surface area contributed by atoms with Gasteiger partial charge < -0.3 is 20.0 Å². The van der Waals surface area contributed by atoms with Crippen molar-refractivity contribution in [1.29, 1.82) is 0 Å². The van der Waals surface area contributed by atoms with E-state index in [1.54, 1.807) is 0 Å². The van der Waals surface area contributed by atoms with Gasteiger partial charge in [-0.3, -0.25) is 4.79 Å². The Labute approximate surface area is 178 Å². The Balaban J connectivity index is 1.82. The van der Waals surface area contributed by atoms with Crippen LogP contribution in [0.5, 0.6) is 0 Å². The topological polar surface area (TPSA) is 64.0 Å². The first-order chi connectivity index (χ1) is 14.3. The Hall–Kier alpha value is -2.37. The molecule has 2 N–H and O–H groups in total. The van der Waals surface area contributed by atoms with Gasteiger partial charge in [-0.15, -0.1) is 0 Å². The predicted octanol–water partition coefficient (Wildman–Crippen LogP) is 3.62. The number of fused-ring (bicyclic) bond motifs is 1. The van der Waals surface area contributed by atoms with E-state index in [0.717, 1.165) is 24.1 Å². The third-order valence-electron chi connectivity index (χ3n) is 7.12. The Bertz CT molecular complexity index is 900. The average Bonchev–Trinajstić information content (AvgIpc) is 3.01. The van der Waals surface area contributed by atoms with E-state index in [1.165, 1.54) is 0 Å². The van der Waals surface area contributed by atoms with Crippen LogP contribution in [0.15, 0.2) is 54.6 Å². The summed E-state index contributed by atoms with van der Waals surface area (Å²) in [6.45, 7) is 2.04. The van der Waals surface area contributed by atoms with Gasteiger partial charge in [0, 0.05) is 31.2 Å². The monoisotopic (exact) mass is 408 g/mol. The first-order valence-electron chi connectivity index (χ1n) is 10.8. The van der Waals surface area contributed by atoms with Crippen LogP contribution >= 0.6 is 0 Å². The molecule has 1 aliphatic carbocycles. The number of carbonyl (C=O) groups is 1. The number of likely N-dealkylation sites (tertiary alicyclic amines) is 1. The number of anilines is 1. The highest BCUT2D eigenvalue weighted by Crippen LogP contribution is 2.54. The summed E-state index contributed by atoms with van der Waals surface area (Å²) in [4.78, 5) is 18.0. The minimum absolute atomic E-state index is 0.00883. The van der Waals surface area contributed by atoms with Gasteiger partial charge in [0.15, 0.2) is 0 Å². The molecule has 2 fully saturated rings. The molecule has 1 saturated heterocycles. The second kappa shape index (κ2) is 8.05. The molecule has 5 nitrogen and oxygen atoms in total. The molecule has 30 heavy (non-hydrogen) atoms. The van der Waals surface area contributed by atoms with E-state index in [-0.39, 0.29) is 18.0 Å². The first kappa shape index (κ1) is 20.9. The summed E-state index contributed by atoms with van der Waals surface area (Å²) >= 11 is 0. The third kappa shape index (κ3) is 3.40. The predicted molar refractivity (Wildman–Crippen MR) is 118 cm³/mol. The van der Waals surface area contributed by atoms with Crippen molar-refractivity contribution < 1.29 is 15.0 Å². The summed E-state index contributed by atoms with van der Waals surface area (Å²) in [7, 11) is 3.89. The van der Waals surface area contributed by atoms with Gasteiger partial charge in [0.1, 0.15) is 0 Å². The van der Waals surface area contributed by atoms with Crippen LogP contribution in [-0.2, 0) is 0 Å². The lowest BCUT2D eigenvalue weighted by Gasteiger charge is -2.38. The van der Waals surface area contributed by atoms with Crippen LogP contribution in [0.3, 0.4) is 0 Å². The number of hydrogen-bond donors (Lipinski definition) is 2. The van der Waals surface area contributed by atoms with Gasteiger partial charge in [0.2, 0.25) is 0 Å². The number of hydrogen-bond acceptors (Lipinski definition) is 4. The van der Waals surface area contributed by atoms with E-state index < -0.39 is 17.6 Å². The van der Waals surface area contributed by atoms with Gasteiger partial charge in [0.25, 0.3) is 5.91 Å². The van der Waals surface area contributed by atoms with E-state index in [2.05, 4.69) is 12.1 Å². The van der Waals surface area contributed by atoms with E-state index in [1.807, 2.05) is 73.3 Å². The summed E-state index contributed by atoms with van der Waals surface area (Å²) in [5.41, 5.74) is 2.08. The van der Waals surface area contributed by atoms with Crippen molar-refractivity contribution >= 4 is 11.6 Å². The lowest BCUT2D eigenvalue weighted by atomic mass is 9.74. The Morgan fingerprint density at radius 2 is 1.70 bits per heavy atom. The molecule has 2 aromatic rings. The standard InChI is InChI=1S/C25H32N2O3/c1-25-16-20(17-10-5-4-6-11-17)27(22(25)15-9-14-21(28)23(25)29)24(30)18-12-7-8-13-19(18)26(2)3/h4-8,10-13,20-23,28-29H,9,14-16H2,1-3H3/t20-,21-,22-,23-,25-/m1/s1. The van der Waals surface area contributed by atoms with Gasteiger partial charge >= 0.3 is 0 Å². The summed E-state index contributed by atoms with van der Waals surface area (Å²) in [5, 5.41) is 21.6. The molecule has 4 rings (SSSR count). The first-order valence-corrected chi connectivity index (χ1v) is 10.8. The molecule has 2 aliphatic rings. The largest absolute Gasteiger partial charge is 0.390 e. The SMILES string of the molecule is CN(C)c1ccccc1C(=O)N1[C@@H](c2ccccc2)C[C@@]2(C)[C@H](O)[C@H](O)CCC[C@@H]12. The van der Waals surface area contributed by atoms with Gasteiger partial charge in [-0.05, 0) is 43.4 Å². The van der Waals surface area contributed by atoms with Gasteiger partial charge in [-0.1, -0.05) is 49.4 Å². The molecule has 2 aromatic carbocycles. The quantitative estimate of drug-likeness (QED) is 0.814. The fourth-order valence-electron chi connectivity index (χ4n) is 5.51. The summed E-state index contributed by atoms with van der Waals surface area (Å²) < 4.78 is 0. The normalized spacial score (nSPS) is 31.2. The van der Waals surface area contributed by atoms with Crippen molar-refractivity contribution in [3.8, 4) is 0 Å². The van der Waals surface area contributed by atoms with Crippen molar-refractivity contribution in [2.24, 2.45) is 5.41 Å². The molecule has 0 aromatic heterocycles. The highest BCUT2D eigenvalue weighted by molar-refractivity contribution is 6.00. The van der Waals surface area contributed by atoms with E-state index >= 15 is 0 Å². The van der Waals surface area contributed by atoms with Crippen molar-refractivity contribution in [3.63, 3.8) is 0 Å². The zero-order valence-corrected chi connectivity index (χ0v) is 18.0. The Morgan fingerprint density at radius 1 is 1.03 bits per heavy atom. The minimum atomic E-state index is -0.849. The van der Waals surface area contributed by atoms with Crippen LogP contribution in [0.1, 0.15) is 54.6 Å². The molecular weight excluding hydrogens is 376 g/mol. The molecule has 0 spiro atoms. The molecule has 1 amide bonds. The number of nitrogens with zero attached hydrogens (tertiary/aromatic N) is 2. The van der Waals surface area contributed by atoms with Crippen molar-refractivity contribution in [2.75, 3.05) is 19.0 Å². The molecule has 5 atom stereocenters. The summed E-state index contributed by atoms with van der Waals surface area (Å²) in [6, 6.07) is 17.5. The molecule has 1 heterocycles. The highest BCUT2D eigenvalue weighted by atomic mass is 16.3. The Kier molecular flexibility index (Phi) is 5.60. The lowest BCUT2D eigenvalue weighted by Crippen LogP contribution is -2.49. The lowest BCUT2D eigenvalue weighted by molar-refractivity contribution is -0.0612. The van der Waals surface area contributed by atoms with E-state index in [4.69, 9.17) is 0 Å². The summed E-state index contributed by atoms with van der Waals surface area (Å²) in [6.07, 6.45) is 1.18. The van der Waals surface area contributed by atoms with E-state index in [0.29, 0.717) is 18.4 Å². The van der Waals surface area contributed by atoms with Crippen LogP contribution in [0.25, 0.3) is 0 Å². The molecule has 160 valence electrons. The number of aliphatic hydroxyl groups excluding tert-OH is 2. The third-order valence-corrected chi connectivity index (χ3v) is 7.12. The number of benzene rings is 2. The maximum absolute atomic E-state index is 14.0. The second-order valence-corrected chi connectivity index (χ2v) is 9.22. The van der Waals surface area contributed by atoms with Crippen LogP contribution in [0, 0.1) is 5.41 Å². The molecule has 1 aliphatic heterocycles. The smallest absolute Gasteiger partial charge is 0.256 e. The van der Waals surface area contributed by atoms with E-state index in [9.17, 15) is 15.0 Å². The Morgan fingerprint density at radius 3 is 2.40 bits per heavy atom. The van der Waals surface area contributed by atoms with Crippen LogP contribution < -0.4 is 4.90 Å². The minimum Gasteiger partial charge on any atom is -0.390 e. The molecule has 0 bridgehead atoms. The summed E-state index contributed by atoms with van der Waals surface area (Å²) in [5.74, 6) is -0.00883. The number of rotatable bonds is 3. The highest BCUT2D eigenvalue weighted by Gasteiger charge is 2.57. The molecular formula is C25H32N2O3. The fourth-order valence-corrected chi connectivity index (χ4v) is 5.51.